The van der Waals surface area contributed by atoms with Crippen molar-refractivity contribution in [3.63, 3.8) is 0 Å². The molecular formula is C29H23Cl2F4N3O4S. The molecule has 2 aliphatic carbocycles. The largest absolute Gasteiger partial charge is 0.573 e. The maximum atomic E-state index is 15.3. The molecule has 0 unspecified atom stereocenters. The first-order chi connectivity index (χ1) is 20.4. The summed E-state index contributed by atoms with van der Waals surface area (Å²) in [7, 11) is 0. The number of carboxylic acid groups (broad SMARTS) is 1. The van der Waals surface area contributed by atoms with E-state index >= 15 is 4.39 Å². The maximum Gasteiger partial charge on any atom is 0.573 e. The quantitative estimate of drug-likeness (QED) is 0.253. The number of thiazole rings is 1. The SMILES string of the molecule is O=C(O)c1cc(OC(F)(F)F)c2nc(N3C[C@@H]4C[C@H]3C[C@H]4OCC3=C(C4(F)CC4)CN=C3c3c(Cl)cccc3Cl)sc2c1. The van der Waals surface area contributed by atoms with Gasteiger partial charge < -0.3 is 19.5 Å². The molecule has 0 radical (unpaired) electrons. The van der Waals surface area contributed by atoms with Crippen LogP contribution in [-0.2, 0) is 4.74 Å². The second kappa shape index (κ2) is 10.3. The Morgan fingerprint density at radius 1 is 1.19 bits per heavy atom. The van der Waals surface area contributed by atoms with Gasteiger partial charge in [0.2, 0.25) is 0 Å². The Hall–Kier alpha value is -2.93. The Balaban J connectivity index is 1.09. The number of carbonyl (C=O) groups is 1. The van der Waals surface area contributed by atoms with Crippen molar-refractivity contribution in [3.05, 3.63) is 62.7 Å². The molecule has 226 valence electrons. The molecule has 7 rings (SSSR count). The zero-order chi connectivity index (χ0) is 30.3. The van der Waals surface area contributed by atoms with Gasteiger partial charge in [-0.15, -0.1) is 13.2 Å². The van der Waals surface area contributed by atoms with E-state index in [2.05, 4.69) is 14.7 Å². The monoisotopic (exact) mass is 655 g/mol. The fourth-order valence-electron chi connectivity index (χ4n) is 6.40. The third-order valence-electron chi connectivity index (χ3n) is 8.56. The normalized spacial score (nSPS) is 24.3. The number of anilines is 1. The summed E-state index contributed by atoms with van der Waals surface area (Å²) in [5.74, 6) is -1.89. The lowest BCUT2D eigenvalue weighted by Gasteiger charge is -2.31. The van der Waals surface area contributed by atoms with E-state index in [4.69, 9.17) is 27.9 Å². The lowest BCUT2D eigenvalue weighted by atomic mass is 9.97. The molecule has 4 aliphatic rings. The van der Waals surface area contributed by atoms with E-state index < -0.39 is 23.7 Å². The number of nitrogens with zero attached hydrogens (tertiary/aromatic N) is 3. The van der Waals surface area contributed by atoms with E-state index in [-0.39, 0.29) is 47.0 Å². The smallest absolute Gasteiger partial charge is 0.478 e. The molecule has 1 N–H and O–H groups in total. The minimum absolute atomic E-state index is 0.0284. The minimum Gasteiger partial charge on any atom is -0.478 e. The van der Waals surface area contributed by atoms with Gasteiger partial charge in [0.15, 0.2) is 10.9 Å². The van der Waals surface area contributed by atoms with Crippen LogP contribution in [0.2, 0.25) is 10.0 Å². The summed E-state index contributed by atoms with van der Waals surface area (Å²) in [6.07, 6.45) is -2.79. The van der Waals surface area contributed by atoms with E-state index in [1.54, 1.807) is 18.2 Å². The predicted octanol–water partition coefficient (Wildman–Crippen LogP) is 7.49. The van der Waals surface area contributed by atoms with Crippen molar-refractivity contribution in [1.29, 1.82) is 0 Å². The molecule has 1 saturated heterocycles. The number of benzene rings is 2. The molecule has 1 aromatic heterocycles. The van der Waals surface area contributed by atoms with Crippen LogP contribution in [0.25, 0.3) is 10.2 Å². The number of alkyl halides is 4. The first kappa shape index (κ1) is 28.8. The lowest BCUT2D eigenvalue weighted by Crippen LogP contribution is -2.39. The number of carboxylic acids is 1. The average molecular weight is 656 g/mol. The standard InChI is InChI=1S/C29H23Cl2F4N3O4S/c30-18-2-1-3-19(31)23(18)24-16(17(10-36-24)28(32)4-5-28)12-41-20-9-15-6-14(20)11-38(15)27-37-25-21(42-29(33,34)35)7-13(26(39)40)8-22(25)43-27/h1-3,7-8,14-15,20H,4-6,9-12H2,(H,39,40)/t14-,15-,20+/m0/s1. The summed E-state index contributed by atoms with van der Waals surface area (Å²) >= 11 is 14.1. The Labute approximate surface area is 256 Å². The lowest BCUT2D eigenvalue weighted by molar-refractivity contribution is -0.274. The van der Waals surface area contributed by atoms with Crippen LogP contribution in [0.3, 0.4) is 0 Å². The number of fused-ring (bicyclic) bond motifs is 3. The highest BCUT2D eigenvalue weighted by molar-refractivity contribution is 7.22. The number of rotatable bonds is 8. The molecule has 0 spiro atoms. The van der Waals surface area contributed by atoms with E-state index in [1.165, 1.54) is 6.07 Å². The van der Waals surface area contributed by atoms with Gasteiger partial charge in [-0.05, 0) is 55.5 Å². The van der Waals surface area contributed by atoms with Gasteiger partial charge >= 0.3 is 12.3 Å². The van der Waals surface area contributed by atoms with Gasteiger partial charge in [0.1, 0.15) is 11.2 Å². The van der Waals surface area contributed by atoms with E-state index in [0.29, 0.717) is 63.4 Å². The van der Waals surface area contributed by atoms with Crippen molar-refractivity contribution < 1.29 is 36.9 Å². The number of piperidine rings is 1. The van der Waals surface area contributed by atoms with Crippen molar-refractivity contribution in [2.24, 2.45) is 10.9 Å². The molecule has 2 saturated carbocycles. The summed E-state index contributed by atoms with van der Waals surface area (Å²) in [5.41, 5.74) is 0.697. The number of aromatic nitrogens is 1. The van der Waals surface area contributed by atoms with Crippen LogP contribution >= 0.6 is 34.5 Å². The van der Waals surface area contributed by atoms with Crippen LogP contribution in [0.1, 0.15) is 41.6 Å². The Kier molecular flexibility index (Phi) is 6.92. The molecule has 3 atom stereocenters. The molecule has 7 nitrogen and oxygen atoms in total. The predicted molar refractivity (Wildman–Crippen MR) is 155 cm³/mol. The second-order valence-corrected chi connectivity index (χ2v) is 13.1. The molecular weight excluding hydrogens is 633 g/mol. The third kappa shape index (κ3) is 5.26. The number of aliphatic imine (C=N–C) groups is 1. The molecule has 3 aromatic rings. The molecule has 3 heterocycles. The fourth-order valence-corrected chi connectivity index (χ4v) is 8.08. The molecule has 0 amide bonds. The minimum atomic E-state index is -5.00. The topological polar surface area (TPSA) is 84.2 Å². The Morgan fingerprint density at radius 3 is 2.56 bits per heavy atom. The molecule has 2 aliphatic heterocycles. The van der Waals surface area contributed by atoms with Crippen LogP contribution in [0.5, 0.6) is 5.75 Å². The van der Waals surface area contributed by atoms with E-state index in [9.17, 15) is 23.1 Å². The van der Waals surface area contributed by atoms with Gasteiger partial charge in [0.05, 0.1) is 45.3 Å². The third-order valence-corrected chi connectivity index (χ3v) is 10.2. The summed E-state index contributed by atoms with van der Waals surface area (Å²) in [5, 5.41) is 10.7. The van der Waals surface area contributed by atoms with Crippen LogP contribution in [0, 0.1) is 5.92 Å². The second-order valence-electron chi connectivity index (χ2n) is 11.2. The zero-order valence-electron chi connectivity index (χ0n) is 22.3. The summed E-state index contributed by atoms with van der Waals surface area (Å²) in [6, 6.07) is 7.35. The zero-order valence-corrected chi connectivity index (χ0v) is 24.6. The Morgan fingerprint density at radius 2 is 1.93 bits per heavy atom. The van der Waals surface area contributed by atoms with Gasteiger partial charge in [-0.2, -0.15) is 0 Å². The first-order valence-corrected chi connectivity index (χ1v) is 15.2. The molecule has 2 aromatic carbocycles. The molecule has 14 heteroatoms. The number of aromatic carboxylic acids is 1. The number of hydrogen-bond acceptors (Lipinski definition) is 7. The maximum absolute atomic E-state index is 15.3. The van der Waals surface area contributed by atoms with E-state index in [0.717, 1.165) is 23.8 Å². The average Bonchev–Trinajstić information content (AvgIpc) is 3.38. The highest BCUT2D eigenvalue weighted by Crippen LogP contribution is 2.50. The summed E-state index contributed by atoms with van der Waals surface area (Å²) in [6.45, 7) is 0.955. The van der Waals surface area contributed by atoms with E-state index in [1.807, 2.05) is 4.90 Å². The Bertz CT molecular complexity index is 1700. The highest BCUT2D eigenvalue weighted by Gasteiger charge is 2.51. The van der Waals surface area contributed by atoms with Crippen molar-refractivity contribution in [2.75, 3.05) is 24.6 Å². The van der Waals surface area contributed by atoms with Crippen LogP contribution < -0.4 is 9.64 Å². The summed E-state index contributed by atoms with van der Waals surface area (Å²) < 4.78 is 65.3. The van der Waals surface area contributed by atoms with Gasteiger partial charge in [-0.1, -0.05) is 40.6 Å². The first-order valence-electron chi connectivity index (χ1n) is 13.6. The van der Waals surface area contributed by atoms with Crippen molar-refractivity contribution in [1.82, 2.24) is 4.98 Å². The van der Waals surface area contributed by atoms with Crippen LogP contribution in [-0.4, -0.2) is 65.6 Å². The van der Waals surface area contributed by atoms with Gasteiger partial charge in [-0.25, -0.2) is 14.2 Å². The van der Waals surface area contributed by atoms with Gasteiger partial charge in [0.25, 0.3) is 0 Å². The molecule has 43 heavy (non-hydrogen) atoms. The van der Waals surface area contributed by atoms with Crippen LogP contribution in [0.4, 0.5) is 22.7 Å². The molecule has 3 fully saturated rings. The molecule has 2 bridgehead atoms. The number of ether oxygens (including phenoxy) is 2. The summed E-state index contributed by atoms with van der Waals surface area (Å²) in [4.78, 5) is 22.6. The number of halogens is 6. The van der Waals surface area contributed by atoms with Gasteiger partial charge in [0, 0.05) is 29.6 Å². The van der Waals surface area contributed by atoms with Crippen LogP contribution in [0.15, 0.2) is 46.5 Å². The fraction of sp³-hybridized carbons (Fsp3) is 0.414. The van der Waals surface area contributed by atoms with Crippen molar-refractivity contribution in [2.45, 2.75) is 49.9 Å². The highest BCUT2D eigenvalue weighted by atomic mass is 35.5. The van der Waals surface area contributed by atoms with Gasteiger partial charge in [-0.3, -0.25) is 4.99 Å². The number of hydrogen-bond donors (Lipinski definition) is 1. The van der Waals surface area contributed by atoms with Crippen molar-refractivity contribution in [3.8, 4) is 5.75 Å². The van der Waals surface area contributed by atoms with Crippen molar-refractivity contribution >= 4 is 61.6 Å².